The number of piperidine rings is 1. The van der Waals surface area contributed by atoms with Gasteiger partial charge in [-0.15, -0.1) is 0 Å². The van der Waals surface area contributed by atoms with Crippen LogP contribution in [0.1, 0.15) is 25.3 Å². The first-order valence-corrected chi connectivity index (χ1v) is 5.81. The van der Waals surface area contributed by atoms with Crippen molar-refractivity contribution in [3.63, 3.8) is 0 Å². The molecule has 88 valence electrons. The van der Waals surface area contributed by atoms with E-state index in [2.05, 4.69) is 11.8 Å². The number of rotatable bonds is 2. The summed E-state index contributed by atoms with van der Waals surface area (Å²) in [6.07, 6.45) is 2.44. The van der Waals surface area contributed by atoms with E-state index >= 15 is 0 Å². The summed E-state index contributed by atoms with van der Waals surface area (Å²) in [6, 6.07) is 3.76. The second-order valence-corrected chi connectivity index (χ2v) is 4.76. The van der Waals surface area contributed by atoms with Gasteiger partial charge in [0.05, 0.1) is 0 Å². The average Bonchev–Trinajstić information content (AvgIpc) is 2.15. The molecule has 1 unspecified atom stereocenters. The Balaban J connectivity index is 2.02. The van der Waals surface area contributed by atoms with Gasteiger partial charge in [-0.2, -0.15) is 0 Å². The second kappa shape index (κ2) is 4.91. The maximum Gasteiger partial charge on any atom is 0.126 e. The summed E-state index contributed by atoms with van der Waals surface area (Å²) in [5.74, 6) is -0.285. The molecule has 1 heterocycles. The minimum Gasteiger partial charge on any atom is -0.299 e. The Labute approximate surface area is 95.1 Å². The highest BCUT2D eigenvalue weighted by atomic mass is 19.1. The van der Waals surface area contributed by atoms with Gasteiger partial charge in [0.1, 0.15) is 11.6 Å². The quantitative estimate of drug-likeness (QED) is 0.747. The molecule has 1 aliphatic rings. The highest BCUT2D eigenvalue weighted by molar-refractivity contribution is 5.17. The Bertz CT molecular complexity index is 345. The summed E-state index contributed by atoms with van der Waals surface area (Å²) >= 11 is 0. The van der Waals surface area contributed by atoms with E-state index in [-0.39, 0.29) is 0 Å². The normalized spacial score (nSPS) is 22.3. The van der Waals surface area contributed by atoms with E-state index in [1.54, 1.807) is 0 Å². The van der Waals surface area contributed by atoms with Gasteiger partial charge in [0, 0.05) is 19.2 Å². The summed E-state index contributed by atoms with van der Waals surface area (Å²) < 4.78 is 26.0. The SMILES string of the molecule is CC1CCCN(Cc2cc(F)cc(F)c2)C1. The molecule has 16 heavy (non-hydrogen) atoms. The molecular weight excluding hydrogens is 208 g/mol. The lowest BCUT2D eigenvalue weighted by Crippen LogP contribution is -2.33. The maximum absolute atomic E-state index is 13.0. The molecule has 0 spiro atoms. The van der Waals surface area contributed by atoms with Gasteiger partial charge < -0.3 is 0 Å². The topological polar surface area (TPSA) is 3.24 Å². The van der Waals surface area contributed by atoms with Gasteiger partial charge in [-0.1, -0.05) is 6.92 Å². The number of halogens is 2. The van der Waals surface area contributed by atoms with E-state index in [0.29, 0.717) is 12.5 Å². The van der Waals surface area contributed by atoms with Crippen LogP contribution in [0.4, 0.5) is 8.78 Å². The first-order chi connectivity index (χ1) is 7.63. The number of hydrogen-bond donors (Lipinski definition) is 0. The highest BCUT2D eigenvalue weighted by Crippen LogP contribution is 2.18. The van der Waals surface area contributed by atoms with Crippen LogP contribution in [0.25, 0.3) is 0 Å². The molecular formula is C13H17F2N. The molecule has 0 radical (unpaired) electrons. The van der Waals surface area contributed by atoms with Gasteiger partial charge in [0.2, 0.25) is 0 Å². The summed E-state index contributed by atoms with van der Waals surface area (Å²) in [6.45, 7) is 4.93. The predicted octanol–water partition coefficient (Wildman–Crippen LogP) is 3.20. The fourth-order valence-corrected chi connectivity index (χ4v) is 2.39. The molecule has 1 aliphatic heterocycles. The standard InChI is InChI=1S/C13H17F2N/c1-10-3-2-4-16(8-10)9-11-5-12(14)7-13(15)6-11/h5-7,10H,2-4,8-9H2,1H3. The van der Waals surface area contributed by atoms with Crippen LogP contribution in [-0.2, 0) is 6.54 Å². The van der Waals surface area contributed by atoms with E-state index in [9.17, 15) is 8.78 Å². The molecule has 2 rings (SSSR count). The fourth-order valence-electron chi connectivity index (χ4n) is 2.39. The van der Waals surface area contributed by atoms with Crippen LogP contribution < -0.4 is 0 Å². The van der Waals surface area contributed by atoms with Crippen molar-refractivity contribution in [2.75, 3.05) is 13.1 Å². The lowest BCUT2D eigenvalue weighted by atomic mass is 10.00. The smallest absolute Gasteiger partial charge is 0.126 e. The summed E-state index contributed by atoms with van der Waals surface area (Å²) in [5.41, 5.74) is 0.728. The Morgan fingerprint density at radius 1 is 1.25 bits per heavy atom. The van der Waals surface area contributed by atoms with Crippen molar-refractivity contribution in [1.29, 1.82) is 0 Å². The first-order valence-electron chi connectivity index (χ1n) is 5.81. The van der Waals surface area contributed by atoms with Gasteiger partial charge in [0.15, 0.2) is 0 Å². The Kier molecular flexibility index (Phi) is 3.54. The van der Waals surface area contributed by atoms with Crippen LogP contribution in [0.2, 0.25) is 0 Å². The van der Waals surface area contributed by atoms with Crippen LogP contribution >= 0.6 is 0 Å². The van der Waals surface area contributed by atoms with E-state index < -0.39 is 11.6 Å². The Morgan fingerprint density at radius 2 is 1.94 bits per heavy atom. The monoisotopic (exact) mass is 225 g/mol. The summed E-state index contributed by atoms with van der Waals surface area (Å²) in [7, 11) is 0. The third-order valence-corrected chi connectivity index (χ3v) is 3.07. The number of benzene rings is 1. The minimum atomic E-state index is -0.486. The van der Waals surface area contributed by atoms with Crippen LogP contribution in [0.5, 0.6) is 0 Å². The third-order valence-electron chi connectivity index (χ3n) is 3.07. The van der Waals surface area contributed by atoms with Gasteiger partial charge in [-0.3, -0.25) is 4.90 Å². The van der Waals surface area contributed by atoms with Crippen molar-refractivity contribution in [3.8, 4) is 0 Å². The molecule has 1 aromatic carbocycles. The third kappa shape index (κ3) is 3.01. The van der Waals surface area contributed by atoms with E-state index in [0.717, 1.165) is 24.7 Å². The Morgan fingerprint density at radius 3 is 2.56 bits per heavy atom. The molecule has 0 N–H and O–H groups in total. The molecule has 0 aliphatic carbocycles. The van der Waals surface area contributed by atoms with E-state index in [4.69, 9.17) is 0 Å². The molecule has 1 fully saturated rings. The second-order valence-electron chi connectivity index (χ2n) is 4.76. The fraction of sp³-hybridized carbons (Fsp3) is 0.538. The zero-order valence-electron chi connectivity index (χ0n) is 9.55. The Hall–Kier alpha value is -0.960. The minimum absolute atomic E-state index is 0.486. The van der Waals surface area contributed by atoms with Crippen molar-refractivity contribution in [2.24, 2.45) is 5.92 Å². The average molecular weight is 225 g/mol. The maximum atomic E-state index is 13.0. The predicted molar refractivity (Wildman–Crippen MR) is 60.0 cm³/mol. The molecule has 0 aromatic heterocycles. The molecule has 0 bridgehead atoms. The van der Waals surface area contributed by atoms with Crippen molar-refractivity contribution in [3.05, 3.63) is 35.4 Å². The highest BCUT2D eigenvalue weighted by Gasteiger charge is 2.16. The van der Waals surface area contributed by atoms with Crippen LogP contribution in [0, 0.1) is 17.6 Å². The van der Waals surface area contributed by atoms with Gasteiger partial charge in [0.25, 0.3) is 0 Å². The van der Waals surface area contributed by atoms with Crippen molar-refractivity contribution >= 4 is 0 Å². The number of nitrogens with zero attached hydrogens (tertiary/aromatic N) is 1. The number of hydrogen-bond acceptors (Lipinski definition) is 1. The lowest BCUT2D eigenvalue weighted by molar-refractivity contribution is 0.176. The molecule has 0 amide bonds. The zero-order chi connectivity index (χ0) is 11.5. The van der Waals surface area contributed by atoms with Crippen molar-refractivity contribution in [1.82, 2.24) is 4.90 Å². The molecule has 1 saturated heterocycles. The molecule has 1 aromatic rings. The summed E-state index contributed by atoms with van der Waals surface area (Å²) in [4.78, 5) is 2.27. The van der Waals surface area contributed by atoms with Gasteiger partial charge in [-0.25, -0.2) is 8.78 Å². The van der Waals surface area contributed by atoms with Crippen LogP contribution in [-0.4, -0.2) is 18.0 Å². The summed E-state index contributed by atoms with van der Waals surface area (Å²) in [5, 5.41) is 0. The van der Waals surface area contributed by atoms with E-state index in [1.807, 2.05) is 0 Å². The molecule has 0 saturated carbocycles. The zero-order valence-corrected chi connectivity index (χ0v) is 9.55. The molecule has 3 heteroatoms. The lowest BCUT2D eigenvalue weighted by Gasteiger charge is -2.30. The largest absolute Gasteiger partial charge is 0.299 e. The van der Waals surface area contributed by atoms with Crippen LogP contribution in [0.15, 0.2) is 18.2 Å². The van der Waals surface area contributed by atoms with Crippen molar-refractivity contribution in [2.45, 2.75) is 26.3 Å². The molecule has 1 atom stereocenters. The number of likely N-dealkylation sites (tertiary alicyclic amines) is 1. The van der Waals surface area contributed by atoms with Crippen LogP contribution in [0.3, 0.4) is 0 Å². The first kappa shape index (κ1) is 11.5. The molecule has 1 nitrogen and oxygen atoms in total. The van der Waals surface area contributed by atoms with E-state index in [1.165, 1.54) is 25.0 Å². The van der Waals surface area contributed by atoms with Crippen molar-refractivity contribution < 1.29 is 8.78 Å². The van der Waals surface area contributed by atoms with Gasteiger partial charge >= 0.3 is 0 Å². The van der Waals surface area contributed by atoms with Gasteiger partial charge in [-0.05, 0) is 43.0 Å².